The number of amides is 4. The first-order chi connectivity index (χ1) is 14.5. The van der Waals surface area contributed by atoms with Gasteiger partial charge in [-0.1, -0.05) is 35.2 Å². The number of rotatable bonds is 5. The predicted molar refractivity (Wildman–Crippen MR) is 118 cm³/mol. The van der Waals surface area contributed by atoms with Crippen molar-refractivity contribution in [3.8, 4) is 0 Å². The van der Waals surface area contributed by atoms with Crippen molar-refractivity contribution >= 4 is 45.5 Å². The number of benzene rings is 1. The van der Waals surface area contributed by atoms with Crippen molar-refractivity contribution in [2.45, 2.75) is 38.1 Å². The zero-order valence-corrected chi connectivity index (χ0v) is 18.0. The summed E-state index contributed by atoms with van der Waals surface area (Å²) in [5.74, 6) is -0.943. The Bertz CT molecular complexity index is 990. The Morgan fingerprint density at radius 1 is 1.13 bits per heavy atom. The topological polar surface area (TPSA) is 83.4 Å². The molecule has 1 aromatic carbocycles. The van der Waals surface area contributed by atoms with Crippen molar-refractivity contribution < 1.29 is 14.4 Å². The molecule has 1 aliphatic heterocycles. The molecule has 2 fully saturated rings. The molecule has 1 saturated carbocycles. The summed E-state index contributed by atoms with van der Waals surface area (Å²) < 4.78 is 3.08. The minimum absolute atomic E-state index is 0.179. The van der Waals surface area contributed by atoms with Crippen LogP contribution in [0.2, 0.25) is 0 Å². The lowest BCUT2D eigenvalue weighted by molar-refractivity contribution is -0.127. The molecule has 0 radical (unpaired) electrons. The maximum absolute atomic E-state index is 12.6. The fourth-order valence-corrected chi connectivity index (χ4v) is 4.15. The number of hydrogen-bond donors (Lipinski definition) is 2. The Morgan fingerprint density at radius 2 is 1.87 bits per heavy atom. The van der Waals surface area contributed by atoms with Crippen LogP contribution < -0.4 is 10.6 Å². The monoisotopic (exact) mass is 470 g/mol. The van der Waals surface area contributed by atoms with Gasteiger partial charge < -0.3 is 15.2 Å². The Morgan fingerprint density at radius 3 is 2.60 bits per heavy atom. The van der Waals surface area contributed by atoms with Gasteiger partial charge in [-0.3, -0.25) is 9.59 Å². The number of urea groups is 1. The summed E-state index contributed by atoms with van der Waals surface area (Å²) in [5, 5.41) is 5.26. The second-order valence-electron chi connectivity index (χ2n) is 7.62. The minimum atomic E-state index is -0.594. The van der Waals surface area contributed by atoms with Gasteiger partial charge in [0.1, 0.15) is 12.2 Å². The third-order valence-corrected chi connectivity index (χ3v) is 5.97. The highest BCUT2D eigenvalue weighted by atomic mass is 79.9. The van der Waals surface area contributed by atoms with Crippen molar-refractivity contribution in [2.24, 2.45) is 0 Å². The van der Waals surface area contributed by atoms with Gasteiger partial charge in [0.05, 0.1) is 0 Å². The Balaban J connectivity index is 1.40. The number of nitrogens with zero attached hydrogens (tertiary/aromatic N) is 2. The number of aromatic nitrogens is 1. The van der Waals surface area contributed by atoms with Crippen LogP contribution in [0.25, 0.3) is 6.08 Å². The predicted octanol–water partition coefficient (Wildman–Crippen LogP) is 4.29. The molecular formula is C22H23BrN4O3. The molecule has 2 heterocycles. The molecule has 0 spiro atoms. The van der Waals surface area contributed by atoms with Gasteiger partial charge >= 0.3 is 6.03 Å². The zero-order chi connectivity index (χ0) is 21.1. The number of hydrogen-bond acceptors (Lipinski definition) is 3. The third-order valence-electron chi connectivity index (χ3n) is 5.44. The van der Waals surface area contributed by atoms with E-state index < -0.39 is 17.8 Å². The molecule has 4 amide bonds. The van der Waals surface area contributed by atoms with Gasteiger partial charge in [0.2, 0.25) is 5.91 Å². The van der Waals surface area contributed by atoms with Crippen LogP contribution in [0.15, 0.2) is 52.9 Å². The van der Waals surface area contributed by atoms with Crippen LogP contribution in [0.5, 0.6) is 0 Å². The summed E-state index contributed by atoms with van der Waals surface area (Å²) in [7, 11) is 0. The van der Waals surface area contributed by atoms with Crippen molar-refractivity contribution in [1.29, 1.82) is 0 Å². The van der Waals surface area contributed by atoms with E-state index in [4.69, 9.17) is 0 Å². The smallest absolute Gasteiger partial charge is 0.329 e. The summed E-state index contributed by atoms with van der Waals surface area (Å²) in [6, 6.07) is 8.89. The second kappa shape index (κ2) is 8.87. The van der Waals surface area contributed by atoms with Crippen LogP contribution in [-0.4, -0.2) is 33.9 Å². The Hall–Kier alpha value is -2.87. The first-order valence-electron chi connectivity index (χ1n) is 10.1. The molecular weight excluding hydrogens is 448 g/mol. The highest BCUT2D eigenvalue weighted by molar-refractivity contribution is 9.10. The third kappa shape index (κ3) is 4.64. The molecule has 0 bridgehead atoms. The van der Waals surface area contributed by atoms with Gasteiger partial charge in [-0.25, -0.2) is 9.69 Å². The van der Waals surface area contributed by atoms with E-state index in [0.717, 1.165) is 14.9 Å². The minimum Gasteiger partial charge on any atom is -0.351 e. The van der Waals surface area contributed by atoms with Gasteiger partial charge in [-0.2, -0.15) is 0 Å². The molecule has 2 N–H and O–H groups in total. The van der Waals surface area contributed by atoms with E-state index >= 15 is 0 Å². The molecule has 2 aliphatic rings. The normalized spacial score (nSPS) is 18.7. The molecule has 2 aromatic rings. The fraction of sp³-hybridized carbons (Fsp3) is 0.318. The molecule has 156 valence electrons. The number of anilines is 1. The van der Waals surface area contributed by atoms with E-state index in [1.54, 1.807) is 30.3 Å². The van der Waals surface area contributed by atoms with Crippen LogP contribution in [0.4, 0.5) is 10.5 Å². The van der Waals surface area contributed by atoms with Crippen LogP contribution in [-0.2, 0) is 9.59 Å². The summed E-state index contributed by atoms with van der Waals surface area (Å²) in [6.45, 7) is -0.346. The first-order valence-corrected chi connectivity index (χ1v) is 10.9. The van der Waals surface area contributed by atoms with Gasteiger partial charge in [0.25, 0.3) is 5.91 Å². The molecule has 0 atom stereocenters. The molecule has 0 unspecified atom stereocenters. The molecule has 8 heteroatoms. The molecule has 7 nitrogen and oxygen atoms in total. The second-order valence-corrected chi connectivity index (χ2v) is 8.53. The highest BCUT2D eigenvalue weighted by Crippen LogP contribution is 2.29. The number of carbonyl (C=O) groups is 3. The SMILES string of the molecule is O=C(CN1C(=O)N/C(=C/c2ccn(C3CCCCC3)c2)C1=O)Nc1ccc(Br)cc1. The standard InChI is InChI=1S/C22H23BrN4O3/c23-16-6-8-17(9-7-16)24-20(28)14-27-21(29)19(25-22(27)30)12-15-10-11-26(13-15)18-4-2-1-3-5-18/h6-13,18H,1-5,14H2,(H,24,28)(H,25,30)/b19-12+. The van der Waals surface area contributed by atoms with E-state index in [-0.39, 0.29) is 12.2 Å². The zero-order valence-electron chi connectivity index (χ0n) is 16.4. The van der Waals surface area contributed by atoms with Crippen LogP contribution in [0.3, 0.4) is 0 Å². The maximum Gasteiger partial charge on any atom is 0.329 e. The molecule has 1 aromatic heterocycles. The van der Waals surface area contributed by atoms with Crippen molar-refractivity contribution in [3.63, 3.8) is 0 Å². The van der Waals surface area contributed by atoms with Gasteiger partial charge in [0.15, 0.2) is 0 Å². The Labute approximate surface area is 183 Å². The maximum atomic E-state index is 12.6. The van der Waals surface area contributed by atoms with Crippen molar-refractivity contribution in [1.82, 2.24) is 14.8 Å². The summed E-state index contributed by atoms with van der Waals surface area (Å²) >= 11 is 3.33. The van der Waals surface area contributed by atoms with Crippen LogP contribution in [0, 0.1) is 0 Å². The van der Waals surface area contributed by atoms with E-state index in [0.29, 0.717) is 11.7 Å². The van der Waals surface area contributed by atoms with E-state index in [9.17, 15) is 14.4 Å². The lowest BCUT2D eigenvalue weighted by atomic mass is 9.95. The Kier molecular flexibility index (Phi) is 6.03. The van der Waals surface area contributed by atoms with Crippen molar-refractivity contribution in [3.05, 3.63) is 58.5 Å². The quantitative estimate of drug-likeness (QED) is 0.504. The number of carbonyl (C=O) groups excluding carboxylic acids is 3. The molecule has 4 rings (SSSR count). The fourth-order valence-electron chi connectivity index (χ4n) is 3.88. The van der Waals surface area contributed by atoms with Crippen LogP contribution >= 0.6 is 15.9 Å². The van der Waals surface area contributed by atoms with Crippen molar-refractivity contribution in [2.75, 3.05) is 11.9 Å². The van der Waals surface area contributed by atoms with Gasteiger partial charge in [-0.05, 0) is 54.8 Å². The number of imide groups is 1. The molecule has 1 saturated heterocycles. The summed E-state index contributed by atoms with van der Waals surface area (Å²) in [6.07, 6.45) is 11.8. The summed E-state index contributed by atoms with van der Waals surface area (Å²) in [4.78, 5) is 38.1. The average Bonchev–Trinajstić information content (AvgIpc) is 3.31. The lowest BCUT2D eigenvalue weighted by Gasteiger charge is -2.23. The molecule has 30 heavy (non-hydrogen) atoms. The average molecular weight is 471 g/mol. The lowest BCUT2D eigenvalue weighted by Crippen LogP contribution is -2.38. The summed E-state index contributed by atoms with van der Waals surface area (Å²) in [5.41, 5.74) is 1.62. The van der Waals surface area contributed by atoms with Crippen LogP contribution in [0.1, 0.15) is 43.7 Å². The number of nitrogens with one attached hydrogen (secondary N) is 2. The van der Waals surface area contributed by atoms with E-state index in [2.05, 4.69) is 31.1 Å². The van der Waals surface area contributed by atoms with Gasteiger partial charge in [0, 0.05) is 28.6 Å². The van der Waals surface area contributed by atoms with E-state index in [1.165, 1.54) is 32.1 Å². The van der Waals surface area contributed by atoms with E-state index in [1.807, 2.05) is 18.5 Å². The van der Waals surface area contributed by atoms with Gasteiger partial charge in [-0.15, -0.1) is 0 Å². The largest absolute Gasteiger partial charge is 0.351 e. The number of halogens is 1. The first kappa shape index (κ1) is 20.4. The highest BCUT2D eigenvalue weighted by Gasteiger charge is 2.35. The molecule has 1 aliphatic carbocycles.